The van der Waals surface area contributed by atoms with Crippen molar-refractivity contribution >= 4 is 23.3 Å². The summed E-state index contributed by atoms with van der Waals surface area (Å²) in [6.07, 6.45) is 0. The maximum absolute atomic E-state index is 13.7. The van der Waals surface area contributed by atoms with Crippen molar-refractivity contribution in [1.82, 2.24) is 10.2 Å². The third-order valence-corrected chi connectivity index (χ3v) is 4.46. The number of ether oxygens (including phenoxy) is 2. The van der Waals surface area contributed by atoms with Crippen LogP contribution in [0.25, 0.3) is 0 Å². The first-order chi connectivity index (χ1) is 12.3. The van der Waals surface area contributed by atoms with Crippen LogP contribution in [-0.4, -0.2) is 42.3 Å². The van der Waals surface area contributed by atoms with Crippen LogP contribution >= 0.6 is 12.2 Å². The summed E-state index contributed by atoms with van der Waals surface area (Å²) in [5.74, 6) is -2.49. The largest absolute Gasteiger partial charge is 0.463 e. The van der Waals surface area contributed by atoms with E-state index in [1.807, 2.05) is 6.92 Å². The van der Waals surface area contributed by atoms with E-state index in [0.29, 0.717) is 28.6 Å². The van der Waals surface area contributed by atoms with Crippen molar-refractivity contribution in [3.8, 4) is 0 Å². The molecule has 0 aromatic heterocycles. The molecule has 0 unspecified atom stereocenters. The summed E-state index contributed by atoms with van der Waals surface area (Å²) in [5.41, 5.74) is 1.27. The fourth-order valence-corrected chi connectivity index (χ4v) is 3.45. The van der Waals surface area contributed by atoms with Crippen molar-refractivity contribution in [2.45, 2.75) is 32.9 Å². The van der Waals surface area contributed by atoms with Crippen LogP contribution in [-0.2, 0) is 14.3 Å². The molecule has 2 atom stereocenters. The summed E-state index contributed by atoms with van der Waals surface area (Å²) in [6.45, 7) is 5.94. The van der Waals surface area contributed by atoms with Gasteiger partial charge in [0, 0.05) is 12.8 Å². The molecule has 1 aliphatic heterocycles. The zero-order chi connectivity index (χ0) is 19.4. The number of hydrogen-bond donors (Lipinski definition) is 1. The maximum atomic E-state index is 13.7. The zero-order valence-electron chi connectivity index (χ0n) is 15.1. The number of esters is 1. The number of benzene rings is 1. The Hall–Kier alpha value is -2.06. The van der Waals surface area contributed by atoms with E-state index in [1.54, 1.807) is 25.9 Å². The molecule has 1 aliphatic rings. The lowest BCUT2D eigenvalue weighted by atomic mass is 9.94. The van der Waals surface area contributed by atoms with Crippen LogP contribution in [0.1, 0.15) is 32.4 Å². The summed E-state index contributed by atoms with van der Waals surface area (Å²) in [5, 5.41) is 3.41. The third kappa shape index (κ3) is 4.02. The average molecular weight is 384 g/mol. The Kier molecular flexibility index (Phi) is 6.66. The summed E-state index contributed by atoms with van der Waals surface area (Å²) >= 11 is 5.44. The van der Waals surface area contributed by atoms with Crippen LogP contribution in [0.3, 0.4) is 0 Å². The highest BCUT2D eigenvalue weighted by Gasteiger charge is 2.36. The summed E-state index contributed by atoms with van der Waals surface area (Å²) in [7, 11) is 1.58. The number of thiocarbonyl (C=S) groups is 1. The molecule has 0 radical (unpaired) electrons. The second kappa shape index (κ2) is 8.55. The predicted octanol–water partition coefficient (Wildman–Crippen LogP) is 3.07. The molecule has 0 saturated heterocycles. The number of carbonyl (C=O) groups is 1. The fraction of sp³-hybridized carbons (Fsp3) is 0.444. The maximum Gasteiger partial charge on any atom is 0.338 e. The van der Waals surface area contributed by atoms with Crippen LogP contribution in [0.15, 0.2) is 29.5 Å². The van der Waals surface area contributed by atoms with Gasteiger partial charge in [0.05, 0.1) is 30.9 Å². The number of rotatable bonds is 6. The Balaban J connectivity index is 2.55. The van der Waals surface area contributed by atoms with Gasteiger partial charge >= 0.3 is 5.97 Å². The lowest BCUT2D eigenvalue weighted by molar-refractivity contribution is -0.139. The van der Waals surface area contributed by atoms with Crippen molar-refractivity contribution in [2.24, 2.45) is 0 Å². The Labute approximate surface area is 157 Å². The molecule has 142 valence electrons. The first kappa shape index (κ1) is 20.3. The minimum Gasteiger partial charge on any atom is -0.463 e. The van der Waals surface area contributed by atoms with Gasteiger partial charge in [-0.25, -0.2) is 13.6 Å². The number of halogens is 2. The van der Waals surface area contributed by atoms with Gasteiger partial charge in [0.25, 0.3) is 0 Å². The number of allylic oxidation sites excluding steroid dienone is 1. The highest BCUT2D eigenvalue weighted by atomic mass is 32.1. The van der Waals surface area contributed by atoms with Gasteiger partial charge in [0.15, 0.2) is 16.7 Å². The molecule has 0 fully saturated rings. The molecular formula is C18H22F2N2O3S. The van der Waals surface area contributed by atoms with Crippen molar-refractivity contribution in [1.29, 1.82) is 0 Å². The summed E-state index contributed by atoms with van der Waals surface area (Å²) < 4.78 is 37.4. The summed E-state index contributed by atoms with van der Waals surface area (Å²) in [4.78, 5) is 14.4. The Morgan fingerprint density at radius 2 is 2.08 bits per heavy atom. The zero-order valence-corrected chi connectivity index (χ0v) is 16.0. The molecule has 0 bridgehead atoms. The lowest BCUT2D eigenvalue weighted by Gasteiger charge is -2.40. The minimum atomic E-state index is -0.994. The number of carbonyl (C=O) groups excluding carboxylic acids is 1. The highest BCUT2D eigenvalue weighted by Crippen LogP contribution is 2.33. The van der Waals surface area contributed by atoms with E-state index in [-0.39, 0.29) is 12.6 Å². The standard InChI is InChI=1S/C18H22F2N2O3S/c1-5-25-17(23)15-11(3)22(10(2)9-24-4)18(26)21-16(15)12-6-7-13(19)14(20)8-12/h6-8,10,16H,5,9H2,1-4H3,(H,21,26)/t10-,16+/m1/s1. The predicted molar refractivity (Wildman–Crippen MR) is 97.3 cm³/mol. The average Bonchev–Trinajstić information content (AvgIpc) is 2.57. The number of nitrogens with one attached hydrogen (secondary N) is 1. The molecule has 0 saturated carbocycles. The Morgan fingerprint density at radius 1 is 1.38 bits per heavy atom. The smallest absolute Gasteiger partial charge is 0.338 e. The number of hydrogen-bond acceptors (Lipinski definition) is 4. The van der Waals surface area contributed by atoms with Crippen LogP contribution < -0.4 is 5.32 Å². The van der Waals surface area contributed by atoms with E-state index in [1.165, 1.54) is 6.07 Å². The number of methoxy groups -OCH3 is 1. The van der Waals surface area contributed by atoms with Crippen molar-refractivity contribution < 1.29 is 23.0 Å². The van der Waals surface area contributed by atoms with Gasteiger partial charge in [-0.15, -0.1) is 0 Å². The Morgan fingerprint density at radius 3 is 2.65 bits per heavy atom. The molecule has 0 spiro atoms. The van der Waals surface area contributed by atoms with Crippen LogP contribution in [0, 0.1) is 11.6 Å². The Bertz CT molecular complexity index is 739. The van der Waals surface area contributed by atoms with Crippen LogP contribution in [0.2, 0.25) is 0 Å². The molecule has 1 aromatic carbocycles. The van der Waals surface area contributed by atoms with Crippen molar-refractivity contribution in [3.05, 3.63) is 46.7 Å². The van der Waals surface area contributed by atoms with E-state index >= 15 is 0 Å². The van der Waals surface area contributed by atoms with Gasteiger partial charge in [0.1, 0.15) is 0 Å². The van der Waals surface area contributed by atoms with Gasteiger partial charge < -0.3 is 19.7 Å². The topological polar surface area (TPSA) is 50.8 Å². The van der Waals surface area contributed by atoms with Crippen LogP contribution in [0.5, 0.6) is 0 Å². The second-order valence-corrected chi connectivity index (χ2v) is 6.34. The first-order valence-corrected chi connectivity index (χ1v) is 8.64. The fourth-order valence-electron chi connectivity index (χ4n) is 3.02. The third-order valence-electron chi connectivity index (χ3n) is 4.15. The monoisotopic (exact) mass is 384 g/mol. The molecule has 0 aliphatic carbocycles. The quantitative estimate of drug-likeness (QED) is 0.601. The molecule has 0 amide bonds. The highest BCUT2D eigenvalue weighted by molar-refractivity contribution is 7.80. The number of nitrogens with zero attached hydrogens (tertiary/aromatic N) is 1. The van der Waals surface area contributed by atoms with E-state index < -0.39 is 23.6 Å². The van der Waals surface area contributed by atoms with E-state index in [0.717, 1.165) is 12.1 Å². The molecule has 8 heteroatoms. The minimum absolute atomic E-state index is 0.129. The molecule has 1 aromatic rings. The van der Waals surface area contributed by atoms with Gasteiger partial charge in [-0.3, -0.25) is 0 Å². The van der Waals surface area contributed by atoms with Crippen LogP contribution in [0.4, 0.5) is 8.78 Å². The van der Waals surface area contributed by atoms with Gasteiger partial charge in [0.2, 0.25) is 0 Å². The molecule has 1 N–H and O–H groups in total. The molecule has 26 heavy (non-hydrogen) atoms. The first-order valence-electron chi connectivity index (χ1n) is 8.23. The molecule has 5 nitrogen and oxygen atoms in total. The normalized spacial score (nSPS) is 18.6. The van der Waals surface area contributed by atoms with Crippen molar-refractivity contribution in [2.75, 3.05) is 20.3 Å². The van der Waals surface area contributed by atoms with E-state index in [4.69, 9.17) is 21.7 Å². The van der Waals surface area contributed by atoms with Gasteiger partial charge in [-0.2, -0.15) is 0 Å². The summed E-state index contributed by atoms with van der Waals surface area (Å²) in [6, 6.07) is 2.63. The SMILES string of the molecule is CCOC(=O)C1=C(C)N([C@H](C)COC)C(=S)N[C@H]1c1ccc(F)c(F)c1. The van der Waals surface area contributed by atoms with Gasteiger partial charge in [-0.1, -0.05) is 6.07 Å². The lowest BCUT2D eigenvalue weighted by Crippen LogP contribution is -2.52. The van der Waals surface area contributed by atoms with E-state index in [2.05, 4.69) is 5.32 Å². The molecule has 2 rings (SSSR count). The second-order valence-electron chi connectivity index (χ2n) is 5.95. The van der Waals surface area contributed by atoms with Crippen molar-refractivity contribution in [3.63, 3.8) is 0 Å². The molecule has 1 heterocycles. The molecular weight excluding hydrogens is 362 g/mol. The van der Waals surface area contributed by atoms with Gasteiger partial charge in [-0.05, 0) is 50.7 Å². The van der Waals surface area contributed by atoms with E-state index in [9.17, 15) is 13.6 Å².